The summed E-state index contributed by atoms with van der Waals surface area (Å²) in [6.07, 6.45) is 7.98. The molecular formula is C31H38F2N2O. The molecule has 0 bridgehead atoms. The quantitative estimate of drug-likeness (QED) is 0.354. The summed E-state index contributed by atoms with van der Waals surface area (Å²) in [4.78, 5) is 5.79. The van der Waals surface area contributed by atoms with Crippen LogP contribution in [0.5, 0.6) is 5.75 Å². The number of aromatic nitrogens is 1. The second-order valence-corrected chi connectivity index (χ2v) is 11.9. The Hall–Kier alpha value is -2.66. The molecule has 1 saturated carbocycles. The number of aromatic amines is 1. The minimum atomic E-state index is -0.544. The van der Waals surface area contributed by atoms with Gasteiger partial charge >= 0.3 is 0 Å². The summed E-state index contributed by atoms with van der Waals surface area (Å²) in [5, 5.41) is 1.14. The van der Waals surface area contributed by atoms with Crippen LogP contribution in [0, 0.1) is 23.0 Å². The minimum absolute atomic E-state index is 0.0253. The maximum absolute atomic E-state index is 15.8. The predicted molar refractivity (Wildman–Crippen MR) is 142 cm³/mol. The fourth-order valence-corrected chi connectivity index (χ4v) is 5.99. The van der Waals surface area contributed by atoms with Gasteiger partial charge in [-0.05, 0) is 62.5 Å². The number of hydrogen-bond donors (Lipinski definition) is 1. The second kappa shape index (κ2) is 9.66. The molecule has 1 aromatic heterocycles. The number of allylic oxidation sites excluding steroid dienone is 2. The topological polar surface area (TPSA) is 28.3 Å². The van der Waals surface area contributed by atoms with Gasteiger partial charge in [-0.1, -0.05) is 51.1 Å². The van der Waals surface area contributed by atoms with E-state index in [2.05, 4.69) is 55.8 Å². The summed E-state index contributed by atoms with van der Waals surface area (Å²) in [6, 6.07) is 10.5. The highest BCUT2D eigenvalue weighted by molar-refractivity contribution is 5.85. The summed E-state index contributed by atoms with van der Waals surface area (Å²) >= 11 is 0. The number of nitrogens with zero attached hydrogens (tertiary/aromatic N) is 1. The average molecular weight is 493 g/mol. The largest absolute Gasteiger partial charge is 0.490 e. The Balaban J connectivity index is 1.51. The highest BCUT2D eigenvalue weighted by Gasteiger charge is 2.40. The summed E-state index contributed by atoms with van der Waals surface area (Å²) in [6.45, 7) is 11.4. The normalized spacial score (nSPS) is 24.8. The number of ether oxygens (including phenoxy) is 1. The monoisotopic (exact) mass is 492 g/mol. The number of para-hydroxylation sites is 1. The Kier molecular flexibility index (Phi) is 6.71. The molecule has 1 N–H and O–H groups in total. The molecule has 1 fully saturated rings. The number of H-pyrrole nitrogens is 1. The van der Waals surface area contributed by atoms with Crippen LogP contribution >= 0.6 is 0 Å². The van der Waals surface area contributed by atoms with Gasteiger partial charge in [-0.3, -0.25) is 4.90 Å². The molecule has 0 radical (unpaired) electrons. The molecule has 5 rings (SSSR count). The van der Waals surface area contributed by atoms with Crippen molar-refractivity contribution in [1.82, 2.24) is 9.88 Å². The van der Waals surface area contributed by atoms with E-state index in [0.29, 0.717) is 5.92 Å². The van der Waals surface area contributed by atoms with Crippen LogP contribution in [0.4, 0.5) is 8.78 Å². The van der Waals surface area contributed by atoms with Gasteiger partial charge in [-0.2, -0.15) is 0 Å². The molecule has 0 spiro atoms. The van der Waals surface area contributed by atoms with Crippen molar-refractivity contribution in [2.24, 2.45) is 11.3 Å². The van der Waals surface area contributed by atoms with Crippen LogP contribution in [0.1, 0.15) is 76.7 Å². The molecule has 36 heavy (non-hydrogen) atoms. The average Bonchev–Trinajstić information content (AvgIpc) is 3.14. The van der Waals surface area contributed by atoms with E-state index in [4.69, 9.17) is 4.74 Å². The van der Waals surface area contributed by atoms with Gasteiger partial charge in [-0.15, -0.1) is 0 Å². The Morgan fingerprint density at radius 2 is 1.81 bits per heavy atom. The number of nitrogens with one attached hydrogen (secondary N) is 1. The molecule has 2 aromatic carbocycles. The highest BCUT2D eigenvalue weighted by atomic mass is 19.1. The summed E-state index contributed by atoms with van der Waals surface area (Å²) < 4.78 is 37.6. The van der Waals surface area contributed by atoms with Crippen molar-refractivity contribution in [3.8, 4) is 5.75 Å². The Morgan fingerprint density at radius 1 is 1.11 bits per heavy atom. The number of halogens is 2. The van der Waals surface area contributed by atoms with Crippen LogP contribution in [-0.4, -0.2) is 28.6 Å². The zero-order valence-electron chi connectivity index (χ0n) is 22.1. The van der Waals surface area contributed by atoms with Crippen LogP contribution in [0.15, 0.2) is 48.6 Å². The van der Waals surface area contributed by atoms with Gasteiger partial charge in [0.15, 0.2) is 0 Å². The molecule has 2 aliphatic rings. The van der Waals surface area contributed by atoms with Crippen molar-refractivity contribution < 1.29 is 13.5 Å². The van der Waals surface area contributed by atoms with Crippen molar-refractivity contribution in [2.75, 3.05) is 6.54 Å². The van der Waals surface area contributed by atoms with Crippen LogP contribution < -0.4 is 4.74 Å². The number of hydrogen-bond acceptors (Lipinski definition) is 2. The second-order valence-electron chi connectivity index (χ2n) is 11.9. The third-order valence-electron chi connectivity index (χ3n) is 7.70. The third kappa shape index (κ3) is 4.82. The molecule has 1 aliphatic carbocycles. The fraction of sp³-hybridized carbons (Fsp3) is 0.484. The lowest BCUT2D eigenvalue weighted by molar-refractivity contribution is 0.0654. The number of benzene rings is 2. The first-order valence-corrected chi connectivity index (χ1v) is 13.3. The van der Waals surface area contributed by atoms with E-state index in [0.717, 1.165) is 54.4 Å². The van der Waals surface area contributed by atoms with E-state index in [1.54, 1.807) is 0 Å². The van der Waals surface area contributed by atoms with Crippen molar-refractivity contribution >= 4 is 10.9 Å². The molecule has 2 heterocycles. The highest BCUT2D eigenvalue weighted by Crippen LogP contribution is 2.44. The van der Waals surface area contributed by atoms with Gasteiger partial charge in [-0.25, -0.2) is 8.78 Å². The van der Waals surface area contributed by atoms with E-state index >= 15 is 8.78 Å². The van der Waals surface area contributed by atoms with Crippen molar-refractivity contribution in [1.29, 1.82) is 0 Å². The molecule has 3 nitrogen and oxygen atoms in total. The molecule has 0 saturated heterocycles. The summed E-state index contributed by atoms with van der Waals surface area (Å²) in [5.41, 5.74) is 3.14. The van der Waals surface area contributed by atoms with Gasteiger partial charge in [0.25, 0.3) is 0 Å². The van der Waals surface area contributed by atoms with E-state index in [9.17, 15) is 0 Å². The molecule has 0 unspecified atom stereocenters. The minimum Gasteiger partial charge on any atom is -0.490 e. The molecule has 5 heteroatoms. The van der Waals surface area contributed by atoms with Crippen LogP contribution in [0.25, 0.3) is 10.9 Å². The zero-order chi connectivity index (χ0) is 25.6. The molecule has 3 aromatic rings. The van der Waals surface area contributed by atoms with Crippen LogP contribution in [0.2, 0.25) is 0 Å². The molecular weight excluding hydrogens is 454 g/mol. The lowest BCUT2D eigenvalue weighted by Crippen LogP contribution is -2.46. The van der Waals surface area contributed by atoms with E-state index < -0.39 is 17.7 Å². The van der Waals surface area contributed by atoms with Crippen molar-refractivity contribution in [2.45, 2.75) is 78.5 Å². The molecule has 1 aliphatic heterocycles. The molecule has 2 atom stereocenters. The van der Waals surface area contributed by atoms with E-state index in [1.165, 1.54) is 12.1 Å². The SMILES string of the molecule is C/C=C/CC1CC(Oc2cc(F)c([C@@H]3c4[nH]c5ccccc5c4C[C@@H](C)N3CC(C)(C)C)c(F)c2)C1. The Labute approximate surface area is 213 Å². The lowest BCUT2D eigenvalue weighted by atomic mass is 9.80. The Bertz CT molecular complexity index is 1240. The lowest BCUT2D eigenvalue weighted by Gasteiger charge is -2.44. The third-order valence-corrected chi connectivity index (χ3v) is 7.70. The first-order chi connectivity index (χ1) is 17.1. The summed E-state index contributed by atoms with van der Waals surface area (Å²) in [5.74, 6) is -0.212. The van der Waals surface area contributed by atoms with Crippen LogP contribution in [-0.2, 0) is 6.42 Å². The summed E-state index contributed by atoms with van der Waals surface area (Å²) in [7, 11) is 0. The number of fused-ring (bicyclic) bond motifs is 3. The van der Waals surface area contributed by atoms with Gasteiger partial charge in [0.1, 0.15) is 17.4 Å². The molecule has 192 valence electrons. The van der Waals surface area contributed by atoms with Crippen molar-refractivity contribution in [3.63, 3.8) is 0 Å². The zero-order valence-corrected chi connectivity index (χ0v) is 22.1. The maximum Gasteiger partial charge on any atom is 0.135 e. The van der Waals surface area contributed by atoms with Gasteiger partial charge < -0.3 is 9.72 Å². The maximum atomic E-state index is 15.8. The number of rotatable bonds is 6. The van der Waals surface area contributed by atoms with Crippen LogP contribution in [0.3, 0.4) is 0 Å². The van der Waals surface area contributed by atoms with E-state index in [1.807, 2.05) is 25.1 Å². The first-order valence-electron chi connectivity index (χ1n) is 13.3. The fourth-order valence-electron chi connectivity index (χ4n) is 5.99. The van der Waals surface area contributed by atoms with Gasteiger partial charge in [0, 0.05) is 46.9 Å². The predicted octanol–water partition coefficient (Wildman–Crippen LogP) is 7.95. The standard InChI is InChI=1S/C31H38F2N2O/c1-6-7-10-20-14-21(15-20)36-22-16-25(32)28(26(33)17-22)30-29-24(23-11-8-9-12-27(23)34-29)13-19(2)35(30)18-31(3,4)5/h6-9,11-12,16-17,19-21,30,34H,10,13-15,18H2,1-5H3/b7-6+/t19-,20?,21?,30-/m1/s1. The smallest absolute Gasteiger partial charge is 0.135 e. The first kappa shape index (κ1) is 25.0. The van der Waals surface area contributed by atoms with Crippen molar-refractivity contribution in [3.05, 3.63) is 77.0 Å². The molecule has 0 amide bonds. The van der Waals surface area contributed by atoms with E-state index in [-0.39, 0.29) is 28.9 Å². The van der Waals surface area contributed by atoms with Gasteiger partial charge in [0.2, 0.25) is 0 Å². The van der Waals surface area contributed by atoms with Gasteiger partial charge in [0.05, 0.1) is 12.1 Å². The Morgan fingerprint density at radius 3 is 2.47 bits per heavy atom.